The molecule has 0 spiro atoms. The molecular formula is C23H20Cl2N2O5. The summed E-state index contributed by atoms with van der Waals surface area (Å²) in [6, 6.07) is 9.53. The molecule has 2 amide bonds. The summed E-state index contributed by atoms with van der Waals surface area (Å²) >= 11 is 12.1. The third-order valence-corrected chi connectivity index (χ3v) is 6.23. The number of nitrogens with one attached hydrogen (secondary N) is 1. The first kappa shape index (κ1) is 21.0. The van der Waals surface area contributed by atoms with Crippen molar-refractivity contribution in [2.45, 2.75) is 25.4 Å². The zero-order chi connectivity index (χ0) is 22.4. The molecule has 0 radical (unpaired) electrons. The van der Waals surface area contributed by atoms with Crippen LogP contribution < -0.4 is 14.8 Å². The minimum atomic E-state index is -0.775. The van der Waals surface area contributed by atoms with Crippen LogP contribution in [0.3, 0.4) is 0 Å². The topological polar surface area (TPSA) is 88.1 Å². The van der Waals surface area contributed by atoms with Crippen molar-refractivity contribution in [3.63, 3.8) is 0 Å². The smallest absolute Gasteiger partial charge is 0.290 e. The van der Waals surface area contributed by atoms with Gasteiger partial charge in [0.15, 0.2) is 17.3 Å². The van der Waals surface area contributed by atoms with Crippen molar-refractivity contribution < 1.29 is 24.2 Å². The van der Waals surface area contributed by atoms with E-state index in [4.69, 9.17) is 32.7 Å². The minimum absolute atomic E-state index is 0.00678. The van der Waals surface area contributed by atoms with Gasteiger partial charge in [-0.1, -0.05) is 35.3 Å². The Kier molecular flexibility index (Phi) is 5.39. The van der Waals surface area contributed by atoms with Crippen molar-refractivity contribution in [1.82, 2.24) is 10.2 Å². The van der Waals surface area contributed by atoms with E-state index in [9.17, 15) is 14.7 Å². The summed E-state index contributed by atoms with van der Waals surface area (Å²) in [6.07, 6.45) is 2.03. The lowest BCUT2D eigenvalue weighted by molar-refractivity contribution is -0.129. The van der Waals surface area contributed by atoms with Crippen LogP contribution in [0.5, 0.6) is 11.5 Å². The Morgan fingerprint density at radius 3 is 2.62 bits per heavy atom. The standard InChI is InChI=1S/C23H20Cl2N2O5/c24-14-6-13(7-15(25)8-14)9-26-22(29)18-19(16-2-1-3-17-21(16)32-11-31-17)27(10-12-4-5-12)23(30)20(18)28/h1-3,6-8,12,19,28H,4-5,9-11H2,(H,26,29). The lowest BCUT2D eigenvalue weighted by Crippen LogP contribution is -2.34. The van der Waals surface area contributed by atoms with Gasteiger partial charge in [0, 0.05) is 28.7 Å². The number of benzene rings is 2. The lowest BCUT2D eigenvalue weighted by Gasteiger charge is -2.27. The van der Waals surface area contributed by atoms with E-state index >= 15 is 0 Å². The van der Waals surface area contributed by atoms with Gasteiger partial charge in [-0.15, -0.1) is 0 Å². The van der Waals surface area contributed by atoms with E-state index in [0.29, 0.717) is 45.1 Å². The molecule has 1 unspecified atom stereocenters. The summed E-state index contributed by atoms with van der Waals surface area (Å²) in [7, 11) is 0. The van der Waals surface area contributed by atoms with Gasteiger partial charge >= 0.3 is 0 Å². The van der Waals surface area contributed by atoms with Gasteiger partial charge in [0.25, 0.3) is 11.8 Å². The van der Waals surface area contributed by atoms with Gasteiger partial charge in [0.2, 0.25) is 6.79 Å². The number of amides is 2. The summed E-state index contributed by atoms with van der Waals surface area (Å²) in [5.41, 5.74) is 1.30. The highest BCUT2D eigenvalue weighted by atomic mass is 35.5. The second-order valence-electron chi connectivity index (χ2n) is 8.11. The molecule has 0 saturated heterocycles. The lowest BCUT2D eigenvalue weighted by atomic mass is 9.97. The Labute approximate surface area is 194 Å². The van der Waals surface area contributed by atoms with Crippen molar-refractivity contribution in [3.8, 4) is 11.5 Å². The number of carbonyl (C=O) groups is 2. The van der Waals surface area contributed by atoms with Crippen LogP contribution in [-0.4, -0.2) is 35.2 Å². The molecule has 1 saturated carbocycles. The van der Waals surface area contributed by atoms with E-state index in [1.165, 1.54) is 0 Å². The average Bonchev–Trinajstić information content (AvgIpc) is 3.38. The fraction of sp³-hybridized carbons (Fsp3) is 0.304. The number of carbonyl (C=O) groups excluding carboxylic acids is 2. The molecule has 1 fully saturated rings. The van der Waals surface area contributed by atoms with Gasteiger partial charge in [-0.3, -0.25) is 9.59 Å². The fourth-order valence-electron chi connectivity index (χ4n) is 4.13. The summed E-state index contributed by atoms with van der Waals surface area (Å²) < 4.78 is 11.1. The molecule has 32 heavy (non-hydrogen) atoms. The van der Waals surface area contributed by atoms with Crippen LogP contribution >= 0.6 is 23.2 Å². The Hall–Kier alpha value is -2.90. The third-order valence-electron chi connectivity index (χ3n) is 5.80. The number of fused-ring (bicyclic) bond motifs is 1. The zero-order valence-corrected chi connectivity index (χ0v) is 18.4. The van der Waals surface area contributed by atoms with Crippen molar-refractivity contribution in [2.24, 2.45) is 5.92 Å². The Balaban J connectivity index is 1.47. The molecule has 2 aliphatic heterocycles. The number of rotatable bonds is 6. The predicted molar refractivity (Wildman–Crippen MR) is 118 cm³/mol. The highest BCUT2D eigenvalue weighted by Crippen LogP contribution is 2.47. The van der Waals surface area contributed by atoms with Gasteiger partial charge in [0.05, 0.1) is 11.6 Å². The number of aliphatic hydroxyl groups excluding tert-OH is 1. The molecule has 1 atom stereocenters. The van der Waals surface area contributed by atoms with Crippen molar-refractivity contribution >= 4 is 35.0 Å². The van der Waals surface area contributed by atoms with Crippen LogP contribution in [0.1, 0.15) is 30.0 Å². The molecule has 166 valence electrons. The maximum atomic E-state index is 13.2. The number of hydrogen-bond acceptors (Lipinski definition) is 5. The fourth-order valence-corrected chi connectivity index (χ4v) is 4.71. The quantitative estimate of drug-likeness (QED) is 0.656. The van der Waals surface area contributed by atoms with Gasteiger partial charge in [0.1, 0.15) is 0 Å². The number of halogens is 2. The first-order chi connectivity index (χ1) is 15.4. The predicted octanol–water partition coefficient (Wildman–Crippen LogP) is 4.14. The largest absolute Gasteiger partial charge is 0.503 e. The monoisotopic (exact) mass is 474 g/mol. The summed E-state index contributed by atoms with van der Waals surface area (Å²) in [6.45, 7) is 0.646. The molecule has 7 nitrogen and oxygen atoms in total. The maximum absolute atomic E-state index is 13.2. The molecule has 5 rings (SSSR count). The molecule has 2 aromatic carbocycles. The normalized spacial score (nSPS) is 19.6. The molecule has 2 aromatic rings. The average molecular weight is 475 g/mol. The molecule has 2 heterocycles. The van der Waals surface area contributed by atoms with Crippen molar-refractivity contribution in [3.05, 3.63) is 68.9 Å². The van der Waals surface area contributed by atoms with Crippen LogP contribution in [-0.2, 0) is 16.1 Å². The van der Waals surface area contributed by atoms with E-state index in [0.717, 1.165) is 12.8 Å². The summed E-state index contributed by atoms with van der Waals surface area (Å²) in [4.78, 5) is 27.7. The zero-order valence-electron chi connectivity index (χ0n) is 16.9. The highest BCUT2D eigenvalue weighted by Gasteiger charge is 2.47. The molecule has 1 aliphatic carbocycles. The van der Waals surface area contributed by atoms with E-state index in [2.05, 4.69) is 5.32 Å². The molecule has 0 bridgehead atoms. The number of hydrogen-bond donors (Lipinski definition) is 2. The number of aliphatic hydroxyl groups is 1. The van der Waals surface area contributed by atoms with Gasteiger partial charge in [-0.25, -0.2) is 0 Å². The number of para-hydroxylation sites is 1. The summed E-state index contributed by atoms with van der Waals surface area (Å²) in [5.74, 6) is -0.275. The SMILES string of the molecule is O=C(NCc1cc(Cl)cc(Cl)c1)C1=C(O)C(=O)N(CC2CC2)C1c1cccc2c1OCO2. The van der Waals surface area contributed by atoms with Crippen LogP contribution in [0.2, 0.25) is 10.0 Å². The molecular weight excluding hydrogens is 455 g/mol. The Morgan fingerprint density at radius 2 is 1.91 bits per heavy atom. The van der Waals surface area contributed by atoms with Gasteiger partial charge < -0.3 is 24.8 Å². The van der Waals surface area contributed by atoms with Crippen LogP contribution in [0.4, 0.5) is 0 Å². The van der Waals surface area contributed by atoms with Crippen LogP contribution in [0.25, 0.3) is 0 Å². The van der Waals surface area contributed by atoms with E-state index in [1.807, 2.05) is 0 Å². The van der Waals surface area contributed by atoms with E-state index in [-0.39, 0.29) is 18.9 Å². The second kappa shape index (κ2) is 8.22. The molecule has 3 aliphatic rings. The number of nitrogens with zero attached hydrogens (tertiary/aromatic N) is 1. The Bertz CT molecular complexity index is 1120. The molecule has 9 heteroatoms. The molecule has 2 N–H and O–H groups in total. The van der Waals surface area contributed by atoms with E-state index < -0.39 is 23.6 Å². The first-order valence-corrected chi connectivity index (χ1v) is 11.0. The Morgan fingerprint density at radius 1 is 1.16 bits per heavy atom. The third kappa shape index (κ3) is 3.87. The maximum Gasteiger partial charge on any atom is 0.290 e. The van der Waals surface area contributed by atoms with Crippen LogP contribution in [0.15, 0.2) is 47.7 Å². The van der Waals surface area contributed by atoms with Gasteiger partial charge in [-0.2, -0.15) is 0 Å². The van der Waals surface area contributed by atoms with Crippen molar-refractivity contribution in [2.75, 3.05) is 13.3 Å². The highest BCUT2D eigenvalue weighted by molar-refractivity contribution is 6.34. The summed E-state index contributed by atoms with van der Waals surface area (Å²) in [5, 5.41) is 14.4. The van der Waals surface area contributed by atoms with Crippen LogP contribution in [0, 0.1) is 5.92 Å². The van der Waals surface area contributed by atoms with Gasteiger partial charge in [-0.05, 0) is 48.6 Å². The molecule has 0 aromatic heterocycles. The first-order valence-electron chi connectivity index (χ1n) is 10.3. The van der Waals surface area contributed by atoms with Crippen molar-refractivity contribution in [1.29, 1.82) is 0 Å². The second-order valence-corrected chi connectivity index (χ2v) is 8.98. The minimum Gasteiger partial charge on any atom is -0.503 e. The van der Waals surface area contributed by atoms with E-state index in [1.54, 1.807) is 41.3 Å². The number of ether oxygens (including phenoxy) is 2.